The third-order valence-electron chi connectivity index (χ3n) is 3.88. The maximum Gasteiger partial charge on any atom is 0.264 e. The van der Waals surface area contributed by atoms with Crippen molar-refractivity contribution < 1.29 is 9.53 Å². The van der Waals surface area contributed by atoms with Crippen LogP contribution in [-0.2, 0) is 0 Å². The smallest absolute Gasteiger partial charge is 0.264 e. The van der Waals surface area contributed by atoms with Gasteiger partial charge in [-0.3, -0.25) is 9.69 Å². The van der Waals surface area contributed by atoms with Crippen LogP contribution in [0.2, 0.25) is 0 Å². The fraction of sp³-hybridized carbons (Fsp3) is 0.353. The molecule has 122 valence electrons. The number of thiophene rings is 1. The molecule has 0 spiro atoms. The molecule has 3 rings (SSSR count). The lowest BCUT2D eigenvalue weighted by Crippen LogP contribution is -2.49. The monoisotopic (exact) mass is 394 g/mol. The van der Waals surface area contributed by atoms with Gasteiger partial charge in [0.15, 0.2) is 0 Å². The molecule has 0 radical (unpaired) electrons. The van der Waals surface area contributed by atoms with E-state index in [0.29, 0.717) is 6.61 Å². The van der Waals surface area contributed by atoms with Crippen LogP contribution < -0.4 is 4.74 Å². The number of halogens is 1. The number of piperazine rings is 1. The summed E-state index contributed by atoms with van der Waals surface area (Å²) in [7, 11) is 0. The predicted octanol–water partition coefficient (Wildman–Crippen LogP) is 3.35. The molecule has 23 heavy (non-hydrogen) atoms. The second kappa shape index (κ2) is 7.95. The van der Waals surface area contributed by atoms with Crippen LogP contribution in [0.4, 0.5) is 0 Å². The minimum atomic E-state index is 0.158. The van der Waals surface area contributed by atoms with Crippen molar-refractivity contribution in [2.45, 2.75) is 0 Å². The van der Waals surface area contributed by atoms with E-state index in [9.17, 15) is 4.79 Å². The average molecular weight is 395 g/mol. The number of ether oxygens (including phenoxy) is 1. The van der Waals surface area contributed by atoms with Crippen molar-refractivity contribution in [3.63, 3.8) is 0 Å². The molecule has 1 aliphatic rings. The van der Waals surface area contributed by atoms with Gasteiger partial charge in [0.05, 0.1) is 4.88 Å². The number of hydrogen-bond donors (Lipinski definition) is 0. The quantitative estimate of drug-likeness (QED) is 0.779. The Morgan fingerprint density at radius 2 is 1.87 bits per heavy atom. The highest BCUT2D eigenvalue weighted by Crippen LogP contribution is 2.16. The van der Waals surface area contributed by atoms with E-state index in [2.05, 4.69) is 20.8 Å². The van der Waals surface area contributed by atoms with Crippen LogP contribution in [0.5, 0.6) is 5.75 Å². The summed E-state index contributed by atoms with van der Waals surface area (Å²) >= 11 is 4.92. The Kier molecular flexibility index (Phi) is 5.70. The molecule has 1 saturated heterocycles. The van der Waals surface area contributed by atoms with E-state index < -0.39 is 0 Å². The Morgan fingerprint density at radius 1 is 1.13 bits per heavy atom. The van der Waals surface area contributed by atoms with E-state index in [1.807, 2.05) is 46.7 Å². The van der Waals surface area contributed by atoms with Crippen LogP contribution >= 0.6 is 27.3 Å². The molecule has 1 aromatic carbocycles. The van der Waals surface area contributed by atoms with Crippen LogP contribution in [0.3, 0.4) is 0 Å². The first kappa shape index (κ1) is 16.5. The summed E-state index contributed by atoms with van der Waals surface area (Å²) < 4.78 is 6.81. The first-order valence-corrected chi connectivity index (χ1v) is 9.33. The normalized spacial score (nSPS) is 15.6. The van der Waals surface area contributed by atoms with Gasteiger partial charge in [-0.2, -0.15) is 0 Å². The molecule has 1 fully saturated rings. The zero-order valence-electron chi connectivity index (χ0n) is 12.8. The summed E-state index contributed by atoms with van der Waals surface area (Å²) in [6.07, 6.45) is 0. The van der Waals surface area contributed by atoms with Gasteiger partial charge in [0.2, 0.25) is 0 Å². The van der Waals surface area contributed by atoms with Crippen LogP contribution in [0.15, 0.2) is 46.3 Å². The van der Waals surface area contributed by atoms with Gasteiger partial charge in [0, 0.05) is 37.2 Å². The lowest BCUT2D eigenvalue weighted by atomic mass is 10.3. The van der Waals surface area contributed by atoms with E-state index in [1.54, 1.807) is 0 Å². The van der Waals surface area contributed by atoms with Gasteiger partial charge >= 0.3 is 0 Å². The third kappa shape index (κ3) is 4.56. The maximum atomic E-state index is 12.3. The van der Waals surface area contributed by atoms with Crippen molar-refractivity contribution in [1.82, 2.24) is 9.80 Å². The Morgan fingerprint density at radius 3 is 2.52 bits per heavy atom. The summed E-state index contributed by atoms with van der Waals surface area (Å²) in [5, 5.41) is 1.95. The standard InChI is InChI=1S/C17H19BrN2O2S/c18-14-3-5-15(6-4-14)22-12-11-19-7-9-20(10-8-19)17(21)16-2-1-13-23-16/h1-6,13H,7-12H2. The zero-order valence-corrected chi connectivity index (χ0v) is 15.2. The fourth-order valence-electron chi connectivity index (χ4n) is 2.55. The number of nitrogens with zero attached hydrogens (tertiary/aromatic N) is 2. The molecule has 2 aromatic rings. The van der Waals surface area contributed by atoms with Crippen LogP contribution in [0.1, 0.15) is 9.67 Å². The summed E-state index contributed by atoms with van der Waals surface area (Å²) in [6.45, 7) is 4.93. The van der Waals surface area contributed by atoms with E-state index in [1.165, 1.54) is 11.3 Å². The molecule has 0 N–H and O–H groups in total. The second-order valence-electron chi connectivity index (χ2n) is 5.41. The van der Waals surface area contributed by atoms with Crippen molar-refractivity contribution in [3.8, 4) is 5.75 Å². The molecular weight excluding hydrogens is 376 g/mol. The number of benzene rings is 1. The number of carbonyl (C=O) groups is 1. The van der Waals surface area contributed by atoms with Crippen molar-refractivity contribution in [3.05, 3.63) is 51.1 Å². The molecular formula is C17H19BrN2O2S. The molecule has 4 nitrogen and oxygen atoms in total. The highest BCUT2D eigenvalue weighted by atomic mass is 79.9. The average Bonchev–Trinajstić information content (AvgIpc) is 3.11. The third-order valence-corrected chi connectivity index (χ3v) is 5.27. The first-order chi connectivity index (χ1) is 11.2. The van der Waals surface area contributed by atoms with Gasteiger partial charge < -0.3 is 9.64 Å². The van der Waals surface area contributed by atoms with Gasteiger partial charge in [-0.1, -0.05) is 22.0 Å². The van der Waals surface area contributed by atoms with Crippen LogP contribution in [0, 0.1) is 0 Å². The Hall–Kier alpha value is -1.37. The van der Waals surface area contributed by atoms with Gasteiger partial charge in [0.25, 0.3) is 5.91 Å². The number of amides is 1. The number of hydrogen-bond acceptors (Lipinski definition) is 4. The molecule has 0 saturated carbocycles. The van der Waals surface area contributed by atoms with Crippen LogP contribution in [-0.4, -0.2) is 55.0 Å². The SMILES string of the molecule is O=C(c1cccs1)N1CCN(CCOc2ccc(Br)cc2)CC1. The molecule has 6 heteroatoms. The molecule has 1 aromatic heterocycles. The van der Waals surface area contributed by atoms with Crippen molar-refractivity contribution >= 4 is 33.2 Å². The molecule has 0 bridgehead atoms. The zero-order chi connectivity index (χ0) is 16.1. The molecule has 1 amide bonds. The second-order valence-corrected chi connectivity index (χ2v) is 7.28. The van der Waals surface area contributed by atoms with Crippen molar-refractivity contribution in [1.29, 1.82) is 0 Å². The van der Waals surface area contributed by atoms with Gasteiger partial charge in [0.1, 0.15) is 12.4 Å². The molecule has 0 aliphatic carbocycles. The summed E-state index contributed by atoms with van der Waals surface area (Å²) in [5.41, 5.74) is 0. The topological polar surface area (TPSA) is 32.8 Å². The van der Waals surface area contributed by atoms with Crippen LogP contribution in [0.25, 0.3) is 0 Å². The molecule has 2 heterocycles. The Bertz CT molecular complexity index is 623. The Labute approximate surface area is 148 Å². The van der Waals surface area contributed by atoms with Gasteiger partial charge in [-0.15, -0.1) is 11.3 Å². The highest BCUT2D eigenvalue weighted by molar-refractivity contribution is 9.10. The molecule has 0 atom stereocenters. The minimum Gasteiger partial charge on any atom is -0.492 e. The first-order valence-electron chi connectivity index (χ1n) is 7.66. The van der Waals surface area contributed by atoms with Gasteiger partial charge in [-0.25, -0.2) is 0 Å². The van der Waals surface area contributed by atoms with Crippen molar-refractivity contribution in [2.75, 3.05) is 39.3 Å². The lowest BCUT2D eigenvalue weighted by molar-refractivity contribution is 0.0625. The fourth-order valence-corrected chi connectivity index (χ4v) is 3.51. The molecule has 1 aliphatic heterocycles. The van der Waals surface area contributed by atoms with E-state index in [4.69, 9.17) is 4.74 Å². The summed E-state index contributed by atoms with van der Waals surface area (Å²) in [6, 6.07) is 11.7. The Balaban J connectivity index is 1.39. The van der Waals surface area contributed by atoms with E-state index >= 15 is 0 Å². The largest absolute Gasteiger partial charge is 0.492 e. The summed E-state index contributed by atoms with van der Waals surface area (Å²) in [4.78, 5) is 17.4. The summed E-state index contributed by atoms with van der Waals surface area (Å²) in [5.74, 6) is 1.05. The van der Waals surface area contributed by atoms with Gasteiger partial charge in [-0.05, 0) is 35.7 Å². The number of carbonyl (C=O) groups excluding carboxylic acids is 1. The van der Waals surface area contributed by atoms with E-state index in [-0.39, 0.29) is 5.91 Å². The highest BCUT2D eigenvalue weighted by Gasteiger charge is 2.22. The minimum absolute atomic E-state index is 0.158. The molecule has 0 unspecified atom stereocenters. The lowest BCUT2D eigenvalue weighted by Gasteiger charge is -2.34. The van der Waals surface area contributed by atoms with E-state index in [0.717, 1.165) is 47.8 Å². The predicted molar refractivity (Wildman–Crippen MR) is 96.3 cm³/mol. The van der Waals surface area contributed by atoms with Crippen molar-refractivity contribution in [2.24, 2.45) is 0 Å². The number of rotatable bonds is 5. The maximum absolute atomic E-state index is 12.3.